The Morgan fingerprint density at radius 3 is 2.39 bits per heavy atom. The number of hydrogen-bond donors (Lipinski definition) is 3. The highest BCUT2D eigenvalue weighted by Crippen LogP contribution is 2.38. The Morgan fingerprint density at radius 1 is 0.935 bits per heavy atom. The lowest BCUT2D eigenvalue weighted by molar-refractivity contribution is -0.122. The molecule has 0 bridgehead atoms. The molecule has 2 aliphatic rings. The zero-order valence-electron chi connectivity index (χ0n) is 17.7. The summed E-state index contributed by atoms with van der Waals surface area (Å²) in [5.74, 6) is -0.809. The number of carbonyl (C=O) groups is 2. The fourth-order valence-corrected chi connectivity index (χ4v) is 4.50. The number of amides is 2. The summed E-state index contributed by atoms with van der Waals surface area (Å²) in [4.78, 5) is 33.6. The second-order valence-corrected chi connectivity index (χ2v) is 8.29. The quantitative estimate of drug-likeness (QED) is 0.451. The second-order valence-electron chi connectivity index (χ2n) is 8.29. The van der Waals surface area contributed by atoms with Crippen molar-refractivity contribution in [3.05, 3.63) is 59.3 Å². The van der Waals surface area contributed by atoms with E-state index in [0.29, 0.717) is 28.0 Å². The molecule has 2 aliphatic heterocycles. The molecule has 0 saturated carbocycles. The standard InChI is InChI=1S/C24H25N5O2/c1-14-4-3-5-16-18(13-26-22(14)16)21-20(23(30)27-24(21)31)17-12-15(6-7-19(17)25)29-10-8-28(2)9-11-29/h3-7,12-13,26H,8-11,25H2,1-2H3,(H,27,30,31). The first kappa shape index (κ1) is 19.4. The lowest BCUT2D eigenvalue weighted by Gasteiger charge is -2.34. The van der Waals surface area contributed by atoms with Gasteiger partial charge in [0.1, 0.15) is 0 Å². The monoisotopic (exact) mass is 415 g/mol. The Hall–Kier alpha value is -3.58. The minimum Gasteiger partial charge on any atom is -0.398 e. The zero-order valence-corrected chi connectivity index (χ0v) is 17.7. The molecule has 0 radical (unpaired) electrons. The van der Waals surface area contributed by atoms with Gasteiger partial charge in [-0.1, -0.05) is 18.2 Å². The highest BCUT2D eigenvalue weighted by molar-refractivity contribution is 6.50. The van der Waals surface area contributed by atoms with Crippen molar-refractivity contribution in [1.29, 1.82) is 0 Å². The van der Waals surface area contributed by atoms with Crippen LogP contribution in [0.15, 0.2) is 42.6 Å². The third-order valence-electron chi connectivity index (χ3n) is 6.30. The number of anilines is 2. The highest BCUT2D eigenvalue weighted by Gasteiger charge is 2.34. The van der Waals surface area contributed by atoms with E-state index in [2.05, 4.69) is 27.1 Å². The van der Waals surface area contributed by atoms with Gasteiger partial charge in [0, 0.05) is 65.8 Å². The Balaban J connectivity index is 1.67. The van der Waals surface area contributed by atoms with E-state index in [4.69, 9.17) is 5.73 Å². The van der Waals surface area contributed by atoms with E-state index in [1.54, 1.807) is 6.20 Å². The lowest BCUT2D eigenvalue weighted by atomic mass is 9.94. The fraction of sp³-hybridized carbons (Fsp3) is 0.250. The average Bonchev–Trinajstić information content (AvgIpc) is 3.30. The van der Waals surface area contributed by atoms with E-state index in [-0.39, 0.29) is 0 Å². The number of H-pyrrole nitrogens is 1. The molecule has 1 saturated heterocycles. The summed E-state index contributed by atoms with van der Waals surface area (Å²) in [6.45, 7) is 5.76. The molecule has 0 spiro atoms. The number of hydrogen-bond acceptors (Lipinski definition) is 5. The van der Waals surface area contributed by atoms with Crippen molar-refractivity contribution < 1.29 is 9.59 Å². The van der Waals surface area contributed by atoms with Gasteiger partial charge in [0.15, 0.2) is 0 Å². The topological polar surface area (TPSA) is 94.5 Å². The molecule has 3 aromatic rings. The number of nitrogens with one attached hydrogen (secondary N) is 2. The largest absolute Gasteiger partial charge is 0.398 e. The van der Waals surface area contributed by atoms with E-state index in [9.17, 15) is 9.59 Å². The van der Waals surface area contributed by atoms with Gasteiger partial charge in [0.25, 0.3) is 11.8 Å². The van der Waals surface area contributed by atoms with Crippen molar-refractivity contribution in [1.82, 2.24) is 15.2 Å². The van der Waals surface area contributed by atoms with E-state index in [1.165, 1.54) is 0 Å². The number of fused-ring (bicyclic) bond motifs is 1. The van der Waals surface area contributed by atoms with Crippen LogP contribution in [-0.4, -0.2) is 54.9 Å². The van der Waals surface area contributed by atoms with Crippen LogP contribution in [0.3, 0.4) is 0 Å². The van der Waals surface area contributed by atoms with E-state index >= 15 is 0 Å². The first-order valence-corrected chi connectivity index (χ1v) is 10.4. The smallest absolute Gasteiger partial charge is 0.259 e. The van der Waals surface area contributed by atoms with E-state index in [0.717, 1.165) is 48.3 Å². The van der Waals surface area contributed by atoms with Gasteiger partial charge in [0.05, 0.1) is 11.1 Å². The zero-order chi connectivity index (χ0) is 21.7. The van der Waals surface area contributed by atoms with Crippen molar-refractivity contribution in [3.63, 3.8) is 0 Å². The number of para-hydroxylation sites is 1. The maximum Gasteiger partial charge on any atom is 0.259 e. The van der Waals surface area contributed by atoms with Crippen molar-refractivity contribution in [3.8, 4) is 0 Å². The number of aromatic amines is 1. The molecule has 7 heteroatoms. The van der Waals surface area contributed by atoms with Gasteiger partial charge in [-0.2, -0.15) is 0 Å². The highest BCUT2D eigenvalue weighted by atomic mass is 16.2. The van der Waals surface area contributed by atoms with Crippen LogP contribution in [0.2, 0.25) is 0 Å². The predicted molar refractivity (Wildman–Crippen MR) is 124 cm³/mol. The van der Waals surface area contributed by atoms with Crippen LogP contribution in [0.5, 0.6) is 0 Å². The molecular weight excluding hydrogens is 390 g/mol. The maximum absolute atomic E-state index is 12.9. The summed E-state index contributed by atoms with van der Waals surface area (Å²) in [5.41, 5.74) is 11.8. The molecule has 0 unspecified atom stereocenters. The molecule has 1 aromatic heterocycles. The maximum atomic E-state index is 12.9. The molecule has 31 heavy (non-hydrogen) atoms. The van der Waals surface area contributed by atoms with Crippen LogP contribution >= 0.6 is 0 Å². The summed E-state index contributed by atoms with van der Waals surface area (Å²) in [6, 6.07) is 11.7. The Labute approximate surface area is 180 Å². The molecule has 0 atom stereocenters. The number of nitrogens with zero attached hydrogens (tertiary/aromatic N) is 2. The average molecular weight is 415 g/mol. The normalized spacial score (nSPS) is 17.7. The van der Waals surface area contributed by atoms with Gasteiger partial charge >= 0.3 is 0 Å². The minimum atomic E-state index is -0.413. The van der Waals surface area contributed by atoms with Crippen molar-refractivity contribution in [2.24, 2.45) is 0 Å². The summed E-state index contributed by atoms with van der Waals surface area (Å²) < 4.78 is 0. The number of piperazine rings is 1. The number of nitrogen functional groups attached to an aromatic ring is 1. The molecule has 1 fully saturated rings. The number of aromatic nitrogens is 1. The van der Waals surface area contributed by atoms with Gasteiger partial charge in [0.2, 0.25) is 0 Å². The fourth-order valence-electron chi connectivity index (χ4n) is 4.50. The Bertz CT molecular complexity index is 1250. The number of imide groups is 1. The molecule has 3 heterocycles. The first-order valence-electron chi connectivity index (χ1n) is 10.4. The van der Waals surface area contributed by atoms with E-state index in [1.807, 2.05) is 43.3 Å². The van der Waals surface area contributed by atoms with Gasteiger partial charge in [-0.3, -0.25) is 14.9 Å². The Morgan fingerprint density at radius 2 is 1.65 bits per heavy atom. The number of benzene rings is 2. The van der Waals surface area contributed by atoms with Crippen molar-refractivity contribution in [2.75, 3.05) is 43.9 Å². The molecular formula is C24H25N5O2. The Kier molecular flexibility index (Phi) is 4.55. The van der Waals surface area contributed by atoms with Crippen LogP contribution < -0.4 is 16.0 Å². The van der Waals surface area contributed by atoms with Crippen LogP contribution in [0.25, 0.3) is 22.0 Å². The minimum absolute atomic E-state index is 0.334. The first-order chi connectivity index (χ1) is 14.9. The summed E-state index contributed by atoms with van der Waals surface area (Å²) >= 11 is 0. The number of rotatable bonds is 3. The predicted octanol–water partition coefficient (Wildman–Crippen LogP) is 2.38. The molecule has 2 amide bonds. The second kappa shape index (κ2) is 7.28. The van der Waals surface area contributed by atoms with Crippen LogP contribution in [0.4, 0.5) is 11.4 Å². The molecule has 4 N–H and O–H groups in total. The third-order valence-corrected chi connectivity index (χ3v) is 6.30. The van der Waals surface area contributed by atoms with Crippen LogP contribution in [-0.2, 0) is 9.59 Å². The third kappa shape index (κ3) is 3.18. The molecule has 158 valence electrons. The van der Waals surface area contributed by atoms with E-state index < -0.39 is 11.8 Å². The molecule has 7 nitrogen and oxygen atoms in total. The number of aryl methyl sites for hydroxylation is 1. The van der Waals surface area contributed by atoms with Gasteiger partial charge in [-0.05, 0) is 37.7 Å². The summed E-state index contributed by atoms with van der Waals surface area (Å²) in [6.07, 6.45) is 1.80. The van der Waals surface area contributed by atoms with Gasteiger partial charge < -0.3 is 20.5 Å². The number of nitrogens with two attached hydrogens (primary N) is 1. The van der Waals surface area contributed by atoms with Gasteiger partial charge in [-0.15, -0.1) is 0 Å². The summed E-state index contributed by atoms with van der Waals surface area (Å²) in [7, 11) is 2.11. The SMILES string of the molecule is Cc1cccc2c(C3=C(c4cc(N5CCN(C)CC5)ccc4N)C(=O)NC3=O)c[nH]c12. The number of carbonyl (C=O) groups excluding carboxylic acids is 2. The molecule has 0 aliphatic carbocycles. The lowest BCUT2D eigenvalue weighted by Crippen LogP contribution is -2.44. The van der Waals surface area contributed by atoms with Crippen molar-refractivity contribution >= 4 is 45.2 Å². The molecule has 5 rings (SSSR count). The van der Waals surface area contributed by atoms with Crippen LogP contribution in [0, 0.1) is 6.92 Å². The van der Waals surface area contributed by atoms with Crippen LogP contribution in [0.1, 0.15) is 16.7 Å². The van der Waals surface area contributed by atoms with Gasteiger partial charge in [-0.25, -0.2) is 0 Å². The summed E-state index contributed by atoms with van der Waals surface area (Å²) in [5, 5.41) is 3.38. The number of likely N-dealkylation sites (N-methyl/N-ethyl adjacent to an activating group) is 1. The van der Waals surface area contributed by atoms with Crippen molar-refractivity contribution in [2.45, 2.75) is 6.92 Å². The molecule has 2 aromatic carbocycles.